The van der Waals surface area contributed by atoms with E-state index in [0.717, 1.165) is 5.52 Å². The number of carboxylic acids is 1. The summed E-state index contributed by atoms with van der Waals surface area (Å²) in [4.78, 5) is 30.6. The Morgan fingerprint density at radius 1 is 1.06 bits per heavy atom. The Labute approximate surface area is 201 Å². The number of carbonyl (C=O) groups is 2. The molecule has 0 aliphatic rings. The molecular formula is C26H25N5O4. The maximum Gasteiger partial charge on any atom is 0.305 e. The lowest BCUT2D eigenvalue weighted by molar-refractivity contribution is -0.136. The molecule has 0 fully saturated rings. The van der Waals surface area contributed by atoms with Gasteiger partial charge in [0.2, 0.25) is 0 Å². The molecule has 3 aromatic carbocycles. The monoisotopic (exact) mass is 471 g/mol. The third-order valence-electron chi connectivity index (χ3n) is 5.62. The highest BCUT2D eigenvalue weighted by Crippen LogP contribution is 2.22. The van der Waals surface area contributed by atoms with Crippen LogP contribution in [-0.2, 0) is 18.4 Å². The summed E-state index contributed by atoms with van der Waals surface area (Å²) in [7, 11) is 1.87. The van der Waals surface area contributed by atoms with Crippen molar-refractivity contribution < 1.29 is 19.4 Å². The van der Waals surface area contributed by atoms with Gasteiger partial charge >= 0.3 is 5.97 Å². The highest BCUT2D eigenvalue weighted by atomic mass is 16.5. The van der Waals surface area contributed by atoms with Gasteiger partial charge in [-0.05, 0) is 54.6 Å². The summed E-state index contributed by atoms with van der Waals surface area (Å²) in [6, 6.07) is 21.2. The third kappa shape index (κ3) is 5.30. The van der Waals surface area contributed by atoms with Gasteiger partial charge in [0.1, 0.15) is 24.0 Å². The number of nitrogens with two attached hydrogens (primary N) is 1. The van der Waals surface area contributed by atoms with Crippen molar-refractivity contribution in [3.05, 3.63) is 89.7 Å². The van der Waals surface area contributed by atoms with E-state index >= 15 is 0 Å². The van der Waals surface area contributed by atoms with Crippen LogP contribution in [-0.4, -0.2) is 38.9 Å². The minimum Gasteiger partial charge on any atom is -0.486 e. The zero-order chi connectivity index (χ0) is 24.9. The van der Waals surface area contributed by atoms with Gasteiger partial charge < -0.3 is 25.0 Å². The molecule has 0 spiro atoms. The molecule has 1 aromatic heterocycles. The minimum absolute atomic E-state index is 0.00829. The molecule has 4 N–H and O–H groups in total. The number of aryl methyl sites for hydroxylation is 1. The second-order valence-corrected chi connectivity index (χ2v) is 7.95. The van der Waals surface area contributed by atoms with Crippen LogP contribution in [0, 0.1) is 5.41 Å². The number of anilines is 1. The van der Waals surface area contributed by atoms with Crippen molar-refractivity contribution in [2.45, 2.75) is 13.0 Å². The number of hydrogen-bond donors (Lipinski definition) is 3. The van der Waals surface area contributed by atoms with Crippen LogP contribution in [0.1, 0.15) is 28.2 Å². The first-order valence-electron chi connectivity index (χ1n) is 10.9. The maximum atomic E-state index is 13.3. The first kappa shape index (κ1) is 23.5. The van der Waals surface area contributed by atoms with Gasteiger partial charge in [0.05, 0.1) is 17.5 Å². The first-order valence-corrected chi connectivity index (χ1v) is 10.9. The number of carboxylic acid groups (broad SMARTS) is 1. The Hall–Kier alpha value is -4.66. The summed E-state index contributed by atoms with van der Waals surface area (Å²) < 4.78 is 7.74. The summed E-state index contributed by atoms with van der Waals surface area (Å²) in [5.41, 5.74) is 8.61. The second-order valence-electron chi connectivity index (χ2n) is 7.95. The number of benzene rings is 3. The molecule has 0 bridgehead atoms. The predicted octanol–water partition coefficient (Wildman–Crippen LogP) is 3.56. The number of nitrogens with one attached hydrogen (secondary N) is 1. The number of ether oxygens (including phenoxy) is 1. The summed E-state index contributed by atoms with van der Waals surface area (Å²) in [6.45, 7) is 0.266. The van der Waals surface area contributed by atoms with Crippen molar-refractivity contribution >= 4 is 34.4 Å². The summed E-state index contributed by atoms with van der Waals surface area (Å²) >= 11 is 0. The van der Waals surface area contributed by atoms with Crippen molar-refractivity contribution in [1.29, 1.82) is 5.41 Å². The number of aromatic nitrogens is 2. The molecule has 0 saturated carbocycles. The molecular weight excluding hydrogens is 446 g/mol. The van der Waals surface area contributed by atoms with Gasteiger partial charge in [-0.3, -0.25) is 15.0 Å². The van der Waals surface area contributed by atoms with Crippen LogP contribution in [0.5, 0.6) is 5.75 Å². The van der Waals surface area contributed by atoms with E-state index in [1.165, 1.54) is 4.90 Å². The van der Waals surface area contributed by atoms with Crippen LogP contribution in [0.15, 0.2) is 72.8 Å². The van der Waals surface area contributed by atoms with E-state index in [-0.39, 0.29) is 31.3 Å². The zero-order valence-corrected chi connectivity index (χ0v) is 19.1. The normalized spacial score (nSPS) is 10.8. The number of imidazole rings is 1. The number of amides is 1. The molecule has 4 aromatic rings. The van der Waals surface area contributed by atoms with Crippen molar-refractivity contribution in [3.63, 3.8) is 0 Å². The zero-order valence-electron chi connectivity index (χ0n) is 19.1. The lowest BCUT2D eigenvalue weighted by Crippen LogP contribution is -2.33. The molecule has 0 saturated heterocycles. The molecule has 0 radical (unpaired) electrons. The van der Waals surface area contributed by atoms with Crippen LogP contribution < -0.4 is 15.4 Å². The van der Waals surface area contributed by atoms with Crippen molar-refractivity contribution in [2.24, 2.45) is 12.8 Å². The lowest BCUT2D eigenvalue weighted by atomic mass is 10.1. The fourth-order valence-electron chi connectivity index (χ4n) is 3.71. The molecule has 1 amide bonds. The number of carbonyl (C=O) groups excluding carboxylic acids is 1. The molecule has 0 aliphatic carbocycles. The van der Waals surface area contributed by atoms with Crippen molar-refractivity contribution in [3.8, 4) is 5.75 Å². The summed E-state index contributed by atoms with van der Waals surface area (Å²) in [5.74, 6) is 0.0137. The van der Waals surface area contributed by atoms with Crippen LogP contribution in [0.25, 0.3) is 11.0 Å². The highest BCUT2D eigenvalue weighted by Gasteiger charge is 2.20. The highest BCUT2D eigenvalue weighted by molar-refractivity contribution is 6.07. The number of amidine groups is 1. The van der Waals surface area contributed by atoms with Gasteiger partial charge in [0.25, 0.3) is 5.91 Å². The number of rotatable bonds is 9. The molecule has 4 rings (SSSR count). The number of nitrogen functional groups attached to an aromatic ring is 1. The lowest BCUT2D eigenvalue weighted by Gasteiger charge is -2.22. The largest absolute Gasteiger partial charge is 0.486 e. The Morgan fingerprint density at radius 2 is 1.74 bits per heavy atom. The molecule has 0 atom stereocenters. The van der Waals surface area contributed by atoms with Crippen molar-refractivity contribution in [1.82, 2.24) is 9.55 Å². The molecule has 1 heterocycles. The minimum atomic E-state index is -0.973. The SMILES string of the molecule is Cn1c(COc2ccc(C(=N)N)cc2)nc2cc(C(=O)N(CCC(=O)O)c3ccccc3)ccc21. The van der Waals surface area contributed by atoms with E-state index in [0.29, 0.717) is 33.9 Å². The second kappa shape index (κ2) is 10.1. The fraction of sp³-hybridized carbons (Fsp3) is 0.154. The number of hydrogen-bond acceptors (Lipinski definition) is 5. The van der Waals surface area contributed by atoms with Crippen LogP contribution in [0.4, 0.5) is 5.69 Å². The van der Waals surface area contributed by atoms with Gasteiger partial charge in [-0.15, -0.1) is 0 Å². The first-order chi connectivity index (χ1) is 16.8. The van der Waals surface area contributed by atoms with Gasteiger partial charge in [-0.1, -0.05) is 18.2 Å². The van der Waals surface area contributed by atoms with Crippen LogP contribution in [0.2, 0.25) is 0 Å². The van der Waals surface area contributed by atoms with E-state index in [4.69, 9.17) is 21.0 Å². The molecule has 0 aliphatic heterocycles. The van der Waals surface area contributed by atoms with Crippen LogP contribution in [0.3, 0.4) is 0 Å². The molecule has 9 heteroatoms. The van der Waals surface area contributed by atoms with Gasteiger partial charge in [0.15, 0.2) is 0 Å². The smallest absolute Gasteiger partial charge is 0.305 e. The summed E-state index contributed by atoms with van der Waals surface area (Å²) in [5, 5.41) is 16.6. The quantitative estimate of drug-likeness (QED) is 0.252. The van der Waals surface area contributed by atoms with Crippen LogP contribution >= 0.6 is 0 Å². The van der Waals surface area contributed by atoms with E-state index in [2.05, 4.69) is 4.98 Å². The van der Waals surface area contributed by atoms with Gasteiger partial charge in [-0.2, -0.15) is 0 Å². The Bertz CT molecular complexity index is 1380. The molecule has 0 unspecified atom stereocenters. The van der Waals surface area contributed by atoms with Crippen molar-refractivity contribution in [2.75, 3.05) is 11.4 Å². The Morgan fingerprint density at radius 3 is 2.40 bits per heavy atom. The van der Waals surface area contributed by atoms with Gasteiger partial charge in [0, 0.05) is 30.4 Å². The topological polar surface area (TPSA) is 135 Å². The number of aliphatic carboxylic acids is 1. The fourth-order valence-corrected chi connectivity index (χ4v) is 3.71. The third-order valence-corrected chi connectivity index (χ3v) is 5.62. The summed E-state index contributed by atoms with van der Waals surface area (Å²) in [6.07, 6.45) is -0.165. The van der Waals surface area contributed by atoms with E-state index < -0.39 is 5.97 Å². The average Bonchev–Trinajstić information content (AvgIpc) is 3.18. The molecule has 35 heavy (non-hydrogen) atoms. The van der Waals surface area contributed by atoms with Gasteiger partial charge in [-0.25, -0.2) is 4.98 Å². The number of nitrogens with zero attached hydrogens (tertiary/aromatic N) is 3. The number of para-hydroxylation sites is 1. The Kier molecular flexibility index (Phi) is 6.77. The van der Waals surface area contributed by atoms with E-state index in [9.17, 15) is 9.59 Å². The number of fused-ring (bicyclic) bond motifs is 1. The van der Waals surface area contributed by atoms with E-state index in [1.807, 2.05) is 23.7 Å². The standard InChI is InChI=1S/C26H25N5O4/c1-30-22-12-9-18(26(34)31(14-13-24(32)33)19-5-3-2-4-6-19)15-21(22)29-23(30)16-35-20-10-7-17(8-11-20)25(27)28/h2-12,15H,13-14,16H2,1H3,(H3,27,28)(H,32,33). The molecule has 178 valence electrons. The maximum absolute atomic E-state index is 13.3. The van der Waals surface area contributed by atoms with E-state index in [1.54, 1.807) is 60.7 Å². The Balaban J connectivity index is 1.56. The molecule has 9 nitrogen and oxygen atoms in total. The average molecular weight is 472 g/mol. The predicted molar refractivity (Wildman–Crippen MR) is 133 cm³/mol.